The fraction of sp³-hybridized carbons (Fsp3) is 0.0455. The molecule has 0 saturated heterocycles. The van der Waals surface area contributed by atoms with E-state index in [2.05, 4.69) is 31.1 Å². The van der Waals surface area contributed by atoms with Crippen LogP contribution in [0.4, 0.5) is 11.4 Å². The molecule has 9 nitrogen and oxygen atoms in total. The Kier molecular flexibility index (Phi) is 5.49. The number of fused-ring (bicyclic) bond motifs is 1. The lowest BCUT2D eigenvalue weighted by Crippen LogP contribution is -2.16. The van der Waals surface area contributed by atoms with Gasteiger partial charge in [0.1, 0.15) is 0 Å². The lowest BCUT2D eigenvalue weighted by Gasteiger charge is -2.11. The van der Waals surface area contributed by atoms with Gasteiger partial charge in [-0.3, -0.25) is 14.5 Å². The van der Waals surface area contributed by atoms with Crippen molar-refractivity contribution < 1.29 is 13.2 Å². The second kappa shape index (κ2) is 8.41. The fourth-order valence-corrected chi connectivity index (χ4v) is 3.60. The first-order valence-corrected chi connectivity index (χ1v) is 11.2. The number of benzene rings is 2. The van der Waals surface area contributed by atoms with Crippen molar-refractivity contribution in [1.29, 1.82) is 5.26 Å². The zero-order chi connectivity index (χ0) is 22.7. The molecule has 4 aromatic rings. The fourth-order valence-electron chi connectivity index (χ4n) is 3.05. The molecule has 158 valence electrons. The number of sulfonamides is 1. The summed E-state index contributed by atoms with van der Waals surface area (Å²) in [5.74, 6) is -0.605. The Morgan fingerprint density at radius 2 is 1.84 bits per heavy atom. The van der Waals surface area contributed by atoms with Crippen LogP contribution >= 0.6 is 0 Å². The van der Waals surface area contributed by atoms with Gasteiger partial charge in [-0.2, -0.15) is 5.26 Å². The molecule has 2 heterocycles. The maximum Gasteiger partial charge on any atom is 0.293 e. The summed E-state index contributed by atoms with van der Waals surface area (Å²) in [5, 5.41) is 12.4. The first kappa shape index (κ1) is 20.9. The third kappa shape index (κ3) is 4.69. The van der Waals surface area contributed by atoms with E-state index in [9.17, 15) is 13.2 Å². The second-order valence-electron chi connectivity index (χ2n) is 6.91. The number of anilines is 2. The van der Waals surface area contributed by atoms with Crippen LogP contribution in [0, 0.1) is 11.3 Å². The second-order valence-corrected chi connectivity index (χ2v) is 8.65. The number of nitriles is 1. The van der Waals surface area contributed by atoms with Crippen molar-refractivity contribution >= 4 is 38.2 Å². The number of aromatic nitrogens is 3. The molecule has 1 amide bonds. The molecular formula is C22H16N6O3S. The van der Waals surface area contributed by atoms with Crippen molar-refractivity contribution in [3.63, 3.8) is 0 Å². The molecule has 0 fully saturated rings. The minimum atomic E-state index is -3.45. The van der Waals surface area contributed by atoms with E-state index in [0.29, 0.717) is 33.4 Å². The molecule has 0 unspecified atom stereocenters. The number of nitrogens with zero attached hydrogens (tertiary/aromatic N) is 4. The van der Waals surface area contributed by atoms with E-state index in [-0.39, 0.29) is 5.82 Å². The summed E-state index contributed by atoms with van der Waals surface area (Å²) in [4.78, 5) is 25.4. The summed E-state index contributed by atoms with van der Waals surface area (Å²) >= 11 is 0. The van der Waals surface area contributed by atoms with Crippen LogP contribution in [0.2, 0.25) is 0 Å². The van der Waals surface area contributed by atoms with Crippen molar-refractivity contribution in [2.75, 3.05) is 16.3 Å². The topological polar surface area (TPSA) is 138 Å². The third-order valence-electron chi connectivity index (χ3n) is 4.48. The van der Waals surface area contributed by atoms with E-state index in [1.165, 1.54) is 12.3 Å². The van der Waals surface area contributed by atoms with Crippen LogP contribution in [0.25, 0.3) is 22.0 Å². The Hall–Kier alpha value is -4.36. The predicted molar refractivity (Wildman–Crippen MR) is 120 cm³/mol. The summed E-state index contributed by atoms with van der Waals surface area (Å²) in [6.07, 6.45) is 5.71. The smallest absolute Gasteiger partial charge is 0.293 e. The van der Waals surface area contributed by atoms with Crippen LogP contribution in [-0.2, 0) is 10.0 Å². The monoisotopic (exact) mass is 444 g/mol. The summed E-state index contributed by atoms with van der Waals surface area (Å²) in [6, 6.07) is 15.4. The quantitative estimate of drug-likeness (QED) is 0.482. The Bertz CT molecular complexity index is 1480. The highest BCUT2D eigenvalue weighted by Gasteiger charge is 2.14. The molecule has 0 aliphatic heterocycles. The van der Waals surface area contributed by atoms with Crippen LogP contribution < -0.4 is 10.0 Å². The van der Waals surface area contributed by atoms with E-state index < -0.39 is 15.9 Å². The molecule has 0 spiro atoms. The highest BCUT2D eigenvalue weighted by Crippen LogP contribution is 2.27. The van der Waals surface area contributed by atoms with E-state index in [0.717, 1.165) is 11.8 Å². The number of hydrogen-bond acceptors (Lipinski definition) is 7. The van der Waals surface area contributed by atoms with Crippen molar-refractivity contribution in [3.8, 4) is 17.2 Å². The van der Waals surface area contributed by atoms with Gasteiger partial charge in [0.15, 0.2) is 0 Å². The maximum absolute atomic E-state index is 12.8. The number of nitrogens with one attached hydrogen (secondary N) is 2. The van der Waals surface area contributed by atoms with E-state index in [1.807, 2.05) is 0 Å². The zero-order valence-corrected chi connectivity index (χ0v) is 17.6. The number of hydrogen-bond donors (Lipinski definition) is 2. The van der Waals surface area contributed by atoms with Crippen LogP contribution in [-0.4, -0.2) is 35.5 Å². The highest BCUT2D eigenvalue weighted by molar-refractivity contribution is 7.92. The molecule has 0 atom stereocenters. The largest absolute Gasteiger partial charge is 0.319 e. The van der Waals surface area contributed by atoms with E-state index in [1.54, 1.807) is 54.9 Å². The Balaban J connectivity index is 1.63. The summed E-state index contributed by atoms with van der Waals surface area (Å²) in [7, 11) is -3.45. The first-order chi connectivity index (χ1) is 15.3. The molecule has 4 rings (SSSR count). The predicted octanol–water partition coefficient (Wildman–Crippen LogP) is 3.19. The van der Waals surface area contributed by atoms with Gasteiger partial charge in [-0.15, -0.1) is 0 Å². The van der Waals surface area contributed by atoms with Crippen LogP contribution in [0.3, 0.4) is 0 Å². The van der Waals surface area contributed by atoms with Gasteiger partial charge in [0.2, 0.25) is 15.8 Å². The number of rotatable bonds is 5. The normalized spacial score (nSPS) is 11.0. The maximum atomic E-state index is 12.8. The molecule has 0 radical (unpaired) electrons. The van der Waals surface area contributed by atoms with Crippen LogP contribution in [0.5, 0.6) is 0 Å². The SMILES string of the molecule is CS(=O)(=O)Nc1ccc2cnc(C(=O)Nc3ccncc3-c3ccc(C#N)cc3)nc2c1. The lowest BCUT2D eigenvalue weighted by molar-refractivity contribution is 0.101. The minimum absolute atomic E-state index is 0.0726. The van der Waals surface area contributed by atoms with Gasteiger partial charge in [-0.05, 0) is 42.0 Å². The van der Waals surface area contributed by atoms with E-state index in [4.69, 9.17) is 5.26 Å². The Morgan fingerprint density at radius 3 is 2.56 bits per heavy atom. The molecule has 32 heavy (non-hydrogen) atoms. The Morgan fingerprint density at radius 1 is 1.06 bits per heavy atom. The van der Waals surface area contributed by atoms with Gasteiger partial charge < -0.3 is 5.32 Å². The summed E-state index contributed by atoms with van der Waals surface area (Å²) in [6.45, 7) is 0. The van der Waals surface area contributed by atoms with Crippen LogP contribution in [0.1, 0.15) is 16.2 Å². The van der Waals surface area contributed by atoms with Gasteiger partial charge >= 0.3 is 0 Å². The molecule has 0 saturated carbocycles. The van der Waals surface area contributed by atoms with Gasteiger partial charge in [-0.1, -0.05) is 12.1 Å². The molecule has 2 aromatic carbocycles. The third-order valence-corrected chi connectivity index (χ3v) is 5.09. The number of amides is 1. The van der Waals surface area contributed by atoms with Gasteiger partial charge in [-0.25, -0.2) is 18.4 Å². The zero-order valence-electron chi connectivity index (χ0n) is 16.8. The average Bonchev–Trinajstić information content (AvgIpc) is 2.78. The molecule has 10 heteroatoms. The molecule has 0 aliphatic rings. The highest BCUT2D eigenvalue weighted by atomic mass is 32.2. The standard InChI is InChI=1S/C22H16N6O3S/c1-32(30,31)28-17-7-6-16-12-25-21(26-20(16)10-17)22(29)27-19-8-9-24-13-18(19)15-4-2-14(11-23)3-5-15/h2-10,12-13,28H,1H3,(H,24,27,29). The summed E-state index contributed by atoms with van der Waals surface area (Å²) < 4.78 is 25.3. The lowest BCUT2D eigenvalue weighted by atomic mass is 10.0. The van der Waals surface area contributed by atoms with Crippen molar-refractivity contribution in [2.24, 2.45) is 0 Å². The van der Waals surface area contributed by atoms with Crippen molar-refractivity contribution in [1.82, 2.24) is 15.0 Å². The number of carbonyl (C=O) groups excluding carboxylic acids is 1. The summed E-state index contributed by atoms with van der Waals surface area (Å²) in [5.41, 5.74) is 3.24. The van der Waals surface area contributed by atoms with Gasteiger partial charge in [0.05, 0.1) is 34.8 Å². The number of carbonyl (C=O) groups is 1. The molecule has 0 aliphatic carbocycles. The van der Waals surface area contributed by atoms with Crippen molar-refractivity contribution in [2.45, 2.75) is 0 Å². The molecule has 0 bridgehead atoms. The molecule has 2 N–H and O–H groups in total. The number of pyridine rings is 1. The van der Waals surface area contributed by atoms with Gasteiger partial charge in [0, 0.05) is 29.5 Å². The Labute approximate surface area is 183 Å². The average molecular weight is 444 g/mol. The van der Waals surface area contributed by atoms with E-state index >= 15 is 0 Å². The van der Waals surface area contributed by atoms with Gasteiger partial charge in [0.25, 0.3) is 5.91 Å². The first-order valence-electron chi connectivity index (χ1n) is 9.33. The minimum Gasteiger partial charge on any atom is -0.319 e. The molecule has 2 aromatic heterocycles. The molecular weight excluding hydrogens is 428 g/mol. The van der Waals surface area contributed by atoms with Crippen LogP contribution in [0.15, 0.2) is 67.1 Å². The van der Waals surface area contributed by atoms with Crippen molar-refractivity contribution in [3.05, 3.63) is 78.5 Å².